The lowest BCUT2D eigenvalue weighted by atomic mass is 9.84. The zero-order valence-corrected chi connectivity index (χ0v) is 15.5. The van der Waals surface area contributed by atoms with Crippen molar-refractivity contribution >= 4 is 5.82 Å². The first-order chi connectivity index (χ1) is 13.7. The van der Waals surface area contributed by atoms with Crippen molar-refractivity contribution in [3.63, 3.8) is 0 Å². The van der Waals surface area contributed by atoms with E-state index < -0.39 is 0 Å². The summed E-state index contributed by atoms with van der Waals surface area (Å²) in [5, 5.41) is 9.77. The monoisotopic (exact) mass is 374 g/mol. The summed E-state index contributed by atoms with van der Waals surface area (Å²) in [6, 6.07) is 10.0. The Labute approximate surface area is 163 Å². The summed E-state index contributed by atoms with van der Waals surface area (Å²) in [6.07, 6.45) is 7.70. The molecule has 7 nitrogen and oxygen atoms in total. The molecule has 2 heterocycles. The minimum Gasteiger partial charge on any atom is -0.491 e. The molecule has 0 saturated carbocycles. The summed E-state index contributed by atoms with van der Waals surface area (Å²) in [4.78, 5) is 8.52. The summed E-state index contributed by atoms with van der Waals surface area (Å²) in [5.41, 5.74) is 16.3. The molecule has 0 radical (unpaired) electrons. The van der Waals surface area contributed by atoms with Crippen LogP contribution in [0.15, 0.2) is 43.0 Å². The number of anilines is 1. The number of nitrogen functional groups attached to an aromatic ring is 1. The highest BCUT2D eigenvalue weighted by molar-refractivity contribution is 5.82. The minimum atomic E-state index is 0.0533. The molecule has 4 rings (SSSR count). The molecular weight excluding hydrogens is 352 g/mol. The van der Waals surface area contributed by atoms with Crippen LogP contribution in [-0.4, -0.2) is 27.2 Å². The van der Waals surface area contributed by atoms with Gasteiger partial charge in [0.2, 0.25) is 0 Å². The number of nitrogens with zero attached hydrogens (tertiary/aromatic N) is 4. The van der Waals surface area contributed by atoms with Gasteiger partial charge in [0.05, 0.1) is 12.9 Å². The number of aromatic nitrogens is 3. The topological polar surface area (TPSA) is 116 Å². The Morgan fingerprint density at radius 2 is 2.18 bits per heavy atom. The van der Waals surface area contributed by atoms with Crippen molar-refractivity contribution in [3.05, 3.63) is 59.8 Å². The Hall–Kier alpha value is -3.37. The fourth-order valence-corrected chi connectivity index (χ4v) is 3.69. The lowest BCUT2D eigenvalue weighted by molar-refractivity contribution is 0.299. The van der Waals surface area contributed by atoms with Crippen LogP contribution in [0.25, 0.3) is 11.1 Å². The Kier molecular flexibility index (Phi) is 4.96. The number of fused-ring (bicyclic) bond motifs is 1. The van der Waals surface area contributed by atoms with Crippen molar-refractivity contribution in [3.8, 4) is 22.9 Å². The number of hydrogen-bond donors (Lipinski definition) is 2. The maximum absolute atomic E-state index is 9.77. The average Bonchev–Trinajstić information content (AvgIpc) is 3.21. The van der Waals surface area contributed by atoms with Crippen LogP contribution >= 0.6 is 0 Å². The summed E-state index contributed by atoms with van der Waals surface area (Å²) >= 11 is 0. The Morgan fingerprint density at radius 3 is 2.96 bits per heavy atom. The second kappa shape index (κ2) is 7.71. The Bertz CT molecular complexity index is 1020. The third-order valence-corrected chi connectivity index (χ3v) is 5.06. The molecule has 1 aliphatic rings. The van der Waals surface area contributed by atoms with Crippen LogP contribution in [0.2, 0.25) is 0 Å². The highest BCUT2D eigenvalue weighted by Crippen LogP contribution is 2.39. The lowest BCUT2D eigenvalue weighted by Crippen LogP contribution is -2.29. The molecule has 2 aromatic heterocycles. The van der Waals surface area contributed by atoms with Gasteiger partial charge in [-0.15, -0.1) is 0 Å². The molecule has 0 aliphatic heterocycles. The molecule has 1 atom stereocenters. The molecular formula is C21H22N6O. The zero-order chi connectivity index (χ0) is 19.5. The molecule has 4 N–H and O–H groups in total. The van der Waals surface area contributed by atoms with Crippen LogP contribution in [0, 0.1) is 11.3 Å². The van der Waals surface area contributed by atoms with E-state index in [-0.39, 0.29) is 11.9 Å². The van der Waals surface area contributed by atoms with Crippen molar-refractivity contribution < 1.29 is 4.74 Å². The number of aryl methyl sites for hydroxylation is 1. The largest absolute Gasteiger partial charge is 0.491 e. The highest BCUT2D eigenvalue weighted by Gasteiger charge is 2.26. The van der Waals surface area contributed by atoms with Gasteiger partial charge < -0.3 is 20.8 Å². The summed E-state index contributed by atoms with van der Waals surface area (Å²) in [7, 11) is 0. The Morgan fingerprint density at radius 1 is 1.32 bits per heavy atom. The summed E-state index contributed by atoms with van der Waals surface area (Å²) in [5.74, 6) is 0.978. The van der Waals surface area contributed by atoms with Crippen molar-refractivity contribution in [2.24, 2.45) is 5.73 Å². The van der Waals surface area contributed by atoms with Crippen LogP contribution in [0.3, 0.4) is 0 Å². The second-order valence-corrected chi connectivity index (χ2v) is 6.93. The molecule has 3 aromatic rings. The Balaban J connectivity index is 1.75. The van der Waals surface area contributed by atoms with Crippen LogP contribution < -0.4 is 16.2 Å². The molecule has 0 fully saturated rings. The SMILES string of the molecule is N#Cc1c(N)nc2c(c1-c1ccccc1OCCn1ccnc1)C[C@@H](N)CC2. The molecule has 1 aromatic carbocycles. The van der Waals surface area contributed by atoms with Gasteiger partial charge in [0.25, 0.3) is 0 Å². The number of imidazole rings is 1. The van der Waals surface area contributed by atoms with Crippen molar-refractivity contribution in [2.75, 3.05) is 12.3 Å². The highest BCUT2D eigenvalue weighted by atomic mass is 16.5. The van der Waals surface area contributed by atoms with E-state index in [1.165, 1.54) is 0 Å². The molecule has 7 heteroatoms. The van der Waals surface area contributed by atoms with Crippen LogP contribution in [0.1, 0.15) is 23.2 Å². The predicted molar refractivity (Wildman–Crippen MR) is 107 cm³/mol. The summed E-state index contributed by atoms with van der Waals surface area (Å²) < 4.78 is 8.02. The number of nitriles is 1. The number of benzene rings is 1. The van der Waals surface area contributed by atoms with Gasteiger partial charge in [-0.05, 0) is 30.9 Å². The van der Waals surface area contributed by atoms with Gasteiger partial charge in [0.1, 0.15) is 29.8 Å². The van der Waals surface area contributed by atoms with E-state index in [2.05, 4.69) is 16.0 Å². The number of rotatable bonds is 5. The fourth-order valence-electron chi connectivity index (χ4n) is 3.69. The van der Waals surface area contributed by atoms with Gasteiger partial charge in [-0.25, -0.2) is 9.97 Å². The maximum atomic E-state index is 9.77. The van der Waals surface area contributed by atoms with Crippen molar-refractivity contribution in [2.45, 2.75) is 31.8 Å². The van der Waals surface area contributed by atoms with Gasteiger partial charge in [-0.2, -0.15) is 5.26 Å². The number of ether oxygens (including phenoxy) is 1. The van der Waals surface area contributed by atoms with Crippen molar-refractivity contribution in [1.82, 2.24) is 14.5 Å². The third kappa shape index (κ3) is 3.42. The van der Waals surface area contributed by atoms with Gasteiger partial charge >= 0.3 is 0 Å². The standard InChI is InChI=1S/C21H22N6O/c22-12-17-20(16-11-14(23)5-6-18(16)26-21(17)24)15-3-1-2-4-19(15)28-10-9-27-8-7-25-13-27/h1-4,7-8,13-14H,5-6,9-11,23H2,(H2,24,26)/t14-/m0/s1. The maximum Gasteiger partial charge on any atom is 0.142 e. The first-order valence-electron chi connectivity index (χ1n) is 9.32. The normalized spacial score (nSPS) is 15.6. The van der Waals surface area contributed by atoms with E-state index in [4.69, 9.17) is 16.2 Å². The molecule has 0 saturated heterocycles. The smallest absolute Gasteiger partial charge is 0.142 e. The molecule has 0 bridgehead atoms. The first-order valence-corrected chi connectivity index (χ1v) is 9.32. The molecule has 0 unspecified atom stereocenters. The van der Waals surface area contributed by atoms with Gasteiger partial charge in [-0.1, -0.05) is 18.2 Å². The minimum absolute atomic E-state index is 0.0533. The van der Waals surface area contributed by atoms with E-state index in [1.54, 1.807) is 12.5 Å². The van der Waals surface area contributed by atoms with Gasteiger partial charge in [0.15, 0.2) is 0 Å². The average molecular weight is 374 g/mol. The van der Waals surface area contributed by atoms with Gasteiger partial charge in [-0.3, -0.25) is 0 Å². The number of pyridine rings is 1. The molecule has 28 heavy (non-hydrogen) atoms. The van der Waals surface area contributed by atoms with Crippen LogP contribution in [0.4, 0.5) is 5.82 Å². The van der Waals surface area contributed by atoms with Crippen LogP contribution in [0.5, 0.6) is 5.75 Å². The summed E-state index contributed by atoms with van der Waals surface area (Å²) in [6.45, 7) is 1.17. The molecule has 1 aliphatic carbocycles. The number of para-hydroxylation sites is 1. The zero-order valence-electron chi connectivity index (χ0n) is 15.5. The fraction of sp³-hybridized carbons (Fsp3) is 0.286. The molecule has 0 amide bonds. The van der Waals surface area contributed by atoms with Crippen molar-refractivity contribution in [1.29, 1.82) is 5.26 Å². The van der Waals surface area contributed by atoms with E-state index in [0.29, 0.717) is 30.9 Å². The molecule has 142 valence electrons. The quantitative estimate of drug-likeness (QED) is 0.708. The molecule has 0 spiro atoms. The number of hydrogen-bond acceptors (Lipinski definition) is 6. The third-order valence-electron chi connectivity index (χ3n) is 5.06. The first kappa shape index (κ1) is 18.0. The predicted octanol–water partition coefficient (Wildman–Crippen LogP) is 2.29. The van der Waals surface area contributed by atoms with Gasteiger partial charge in [0, 0.05) is 35.3 Å². The van der Waals surface area contributed by atoms with E-state index in [9.17, 15) is 5.26 Å². The second-order valence-electron chi connectivity index (χ2n) is 6.93. The van der Waals surface area contributed by atoms with E-state index in [1.807, 2.05) is 35.0 Å². The lowest BCUT2D eigenvalue weighted by Gasteiger charge is -2.25. The number of nitrogens with two attached hydrogens (primary N) is 2. The van der Waals surface area contributed by atoms with E-state index >= 15 is 0 Å². The van der Waals surface area contributed by atoms with E-state index in [0.717, 1.165) is 35.2 Å². The van der Waals surface area contributed by atoms with Crippen LogP contribution in [-0.2, 0) is 19.4 Å².